The Morgan fingerprint density at radius 2 is 1.71 bits per heavy atom. The van der Waals surface area contributed by atoms with E-state index in [1.54, 1.807) is 11.4 Å². The molecule has 1 aliphatic carbocycles. The maximum Gasteiger partial charge on any atom is 0.214 e. The molecule has 0 unspecified atom stereocenters. The van der Waals surface area contributed by atoms with Gasteiger partial charge in [0.25, 0.3) is 0 Å². The molecular weight excluding hydrogens is 288 g/mol. The van der Waals surface area contributed by atoms with E-state index < -0.39 is 10.0 Å². The SMILES string of the molecule is CCCS(=O)(=O)N1CCC(NC(=NC)NC2CCC2)CC1. The van der Waals surface area contributed by atoms with Gasteiger partial charge in [-0.25, -0.2) is 12.7 Å². The smallest absolute Gasteiger partial charge is 0.214 e. The van der Waals surface area contributed by atoms with E-state index in [9.17, 15) is 8.42 Å². The average molecular weight is 316 g/mol. The van der Waals surface area contributed by atoms with E-state index in [2.05, 4.69) is 15.6 Å². The quantitative estimate of drug-likeness (QED) is 0.584. The minimum Gasteiger partial charge on any atom is -0.354 e. The van der Waals surface area contributed by atoms with Crippen molar-refractivity contribution in [2.45, 2.75) is 57.5 Å². The van der Waals surface area contributed by atoms with Crippen LogP contribution in [0.1, 0.15) is 45.4 Å². The van der Waals surface area contributed by atoms with Crippen LogP contribution in [-0.4, -0.2) is 56.7 Å². The first-order chi connectivity index (χ1) is 10.0. The number of hydrogen-bond acceptors (Lipinski definition) is 3. The van der Waals surface area contributed by atoms with Crippen LogP contribution >= 0.6 is 0 Å². The highest BCUT2D eigenvalue weighted by molar-refractivity contribution is 7.89. The number of rotatable bonds is 5. The highest BCUT2D eigenvalue weighted by atomic mass is 32.2. The molecule has 2 fully saturated rings. The van der Waals surface area contributed by atoms with Gasteiger partial charge in [0.2, 0.25) is 10.0 Å². The van der Waals surface area contributed by atoms with Crippen LogP contribution < -0.4 is 10.6 Å². The van der Waals surface area contributed by atoms with Gasteiger partial charge < -0.3 is 10.6 Å². The van der Waals surface area contributed by atoms with Gasteiger partial charge in [-0.15, -0.1) is 0 Å². The highest BCUT2D eigenvalue weighted by Gasteiger charge is 2.28. The van der Waals surface area contributed by atoms with E-state index in [-0.39, 0.29) is 5.75 Å². The zero-order chi connectivity index (χ0) is 15.3. The van der Waals surface area contributed by atoms with Crippen molar-refractivity contribution in [3.8, 4) is 0 Å². The first-order valence-corrected chi connectivity index (χ1v) is 9.63. The molecule has 0 aromatic carbocycles. The molecule has 122 valence electrons. The van der Waals surface area contributed by atoms with Crippen molar-refractivity contribution in [2.75, 3.05) is 25.9 Å². The Morgan fingerprint density at radius 1 is 1.14 bits per heavy atom. The van der Waals surface area contributed by atoms with Crippen molar-refractivity contribution in [3.05, 3.63) is 0 Å². The summed E-state index contributed by atoms with van der Waals surface area (Å²) in [6, 6.07) is 0.866. The molecule has 0 atom stereocenters. The average Bonchev–Trinajstić information content (AvgIpc) is 2.42. The van der Waals surface area contributed by atoms with Crippen molar-refractivity contribution in [1.82, 2.24) is 14.9 Å². The fourth-order valence-electron chi connectivity index (χ4n) is 2.78. The first kappa shape index (κ1) is 16.5. The van der Waals surface area contributed by atoms with Crippen molar-refractivity contribution < 1.29 is 8.42 Å². The number of aliphatic imine (C=N–C) groups is 1. The van der Waals surface area contributed by atoms with Crippen LogP contribution in [-0.2, 0) is 10.0 Å². The minimum absolute atomic E-state index is 0.260. The maximum absolute atomic E-state index is 12.0. The molecule has 0 radical (unpaired) electrons. The summed E-state index contributed by atoms with van der Waals surface area (Å²) in [5.74, 6) is 1.12. The number of nitrogens with one attached hydrogen (secondary N) is 2. The highest BCUT2D eigenvalue weighted by Crippen LogP contribution is 2.18. The third-order valence-corrected chi connectivity index (χ3v) is 6.40. The van der Waals surface area contributed by atoms with Crippen LogP contribution in [0.3, 0.4) is 0 Å². The van der Waals surface area contributed by atoms with E-state index in [1.165, 1.54) is 19.3 Å². The molecule has 1 aliphatic heterocycles. The van der Waals surface area contributed by atoms with Crippen LogP contribution in [0.4, 0.5) is 0 Å². The Balaban J connectivity index is 1.78. The Hall–Kier alpha value is -0.820. The molecule has 7 heteroatoms. The summed E-state index contributed by atoms with van der Waals surface area (Å²) in [5.41, 5.74) is 0. The summed E-state index contributed by atoms with van der Waals surface area (Å²) in [5, 5.41) is 6.85. The van der Waals surface area contributed by atoms with Crippen molar-refractivity contribution in [2.24, 2.45) is 4.99 Å². The largest absolute Gasteiger partial charge is 0.354 e. The lowest BCUT2D eigenvalue weighted by Gasteiger charge is -2.34. The lowest BCUT2D eigenvalue weighted by atomic mass is 9.93. The van der Waals surface area contributed by atoms with Crippen LogP contribution in [0.25, 0.3) is 0 Å². The molecule has 0 aromatic heterocycles. The second kappa shape index (κ2) is 7.45. The predicted octanol–water partition coefficient (Wildman–Crippen LogP) is 0.908. The zero-order valence-corrected chi connectivity index (χ0v) is 14.0. The zero-order valence-electron chi connectivity index (χ0n) is 13.1. The van der Waals surface area contributed by atoms with Gasteiger partial charge in [-0.1, -0.05) is 6.92 Å². The second-order valence-electron chi connectivity index (χ2n) is 5.98. The molecule has 21 heavy (non-hydrogen) atoms. The number of guanidine groups is 1. The fourth-order valence-corrected chi connectivity index (χ4v) is 4.32. The number of hydrogen-bond donors (Lipinski definition) is 2. The summed E-state index contributed by atoms with van der Waals surface area (Å²) < 4.78 is 25.7. The molecule has 6 nitrogen and oxygen atoms in total. The van der Waals surface area contributed by atoms with E-state index in [0.717, 1.165) is 18.8 Å². The molecule has 1 saturated carbocycles. The summed E-state index contributed by atoms with van der Waals surface area (Å²) in [6.07, 6.45) is 6.09. The molecule has 1 heterocycles. The lowest BCUT2D eigenvalue weighted by Crippen LogP contribution is -2.52. The van der Waals surface area contributed by atoms with Crippen LogP contribution in [0.5, 0.6) is 0 Å². The third kappa shape index (κ3) is 4.57. The third-order valence-electron chi connectivity index (χ3n) is 4.32. The van der Waals surface area contributed by atoms with E-state index in [1.807, 2.05) is 6.92 Å². The van der Waals surface area contributed by atoms with Gasteiger partial charge in [0.1, 0.15) is 0 Å². The molecule has 0 aromatic rings. The van der Waals surface area contributed by atoms with Gasteiger partial charge in [-0.05, 0) is 38.5 Å². The lowest BCUT2D eigenvalue weighted by molar-refractivity contribution is 0.303. The van der Waals surface area contributed by atoms with Crippen molar-refractivity contribution in [1.29, 1.82) is 0 Å². The van der Waals surface area contributed by atoms with Gasteiger partial charge in [-0.3, -0.25) is 4.99 Å². The standard InChI is InChI=1S/C14H28N4O2S/c1-3-11-21(19,20)18-9-7-13(8-10-18)17-14(15-2)16-12-5-4-6-12/h12-13H,3-11H2,1-2H3,(H2,15,16,17). The van der Waals surface area contributed by atoms with E-state index >= 15 is 0 Å². The Morgan fingerprint density at radius 3 is 2.14 bits per heavy atom. The number of piperidine rings is 1. The Kier molecular flexibility index (Phi) is 5.87. The number of sulfonamides is 1. The van der Waals surface area contributed by atoms with Crippen molar-refractivity contribution in [3.63, 3.8) is 0 Å². The fraction of sp³-hybridized carbons (Fsp3) is 0.929. The Bertz CT molecular complexity index is 452. The molecule has 2 rings (SSSR count). The van der Waals surface area contributed by atoms with Gasteiger partial charge in [0, 0.05) is 32.2 Å². The van der Waals surface area contributed by atoms with E-state index in [0.29, 0.717) is 31.6 Å². The molecular formula is C14H28N4O2S. The van der Waals surface area contributed by atoms with Gasteiger partial charge in [0.15, 0.2) is 5.96 Å². The monoisotopic (exact) mass is 316 g/mol. The number of nitrogens with zero attached hydrogens (tertiary/aromatic N) is 2. The molecule has 2 N–H and O–H groups in total. The van der Waals surface area contributed by atoms with Gasteiger partial charge in [0.05, 0.1) is 5.75 Å². The van der Waals surface area contributed by atoms with Crippen LogP contribution in [0.15, 0.2) is 4.99 Å². The first-order valence-electron chi connectivity index (χ1n) is 8.03. The topological polar surface area (TPSA) is 73.8 Å². The summed E-state index contributed by atoms with van der Waals surface area (Å²) in [7, 11) is -1.26. The summed E-state index contributed by atoms with van der Waals surface area (Å²) >= 11 is 0. The van der Waals surface area contributed by atoms with E-state index in [4.69, 9.17) is 0 Å². The van der Waals surface area contributed by atoms with Crippen LogP contribution in [0, 0.1) is 0 Å². The second-order valence-corrected chi connectivity index (χ2v) is 8.07. The van der Waals surface area contributed by atoms with Crippen LogP contribution in [0.2, 0.25) is 0 Å². The van der Waals surface area contributed by atoms with Gasteiger partial charge >= 0.3 is 0 Å². The molecule has 0 amide bonds. The minimum atomic E-state index is -3.04. The van der Waals surface area contributed by atoms with Crippen molar-refractivity contribution >= 4 is 16.0 Å². The summed E-state index contributed by atoms with van der Waals surface area (Å²) in [4.78, 5) is 4.26. The predicted molar refractivity (Wildman–Crippen MR) is 85.9 cm³/mol. The maximum atomic E-state index is 12.0. The normalized spacial score (nSPS) is 22.9. The van der Waals surface area contributed by atoms with Gasteiger partial charge in [-0.2, -0.15) is 0 Å². The molecule has 2 aliphatic rings. The molecule has 1 saturated heterocycles. The Labute approximate surface area is 128 Å². The molecule has 0 bridgehead atoms. The summed E-state index contributed by atoms with van der Waals surface area (Å²) in [6.45, 7) is 3.13. The molecule has 0 spiro atoms.